The van der Waals surface area contributed by atoms with Gasteiger partial charge in [-0.05, 0) is 32.9 Å². The van der Waals surface area contributed by atoms with Gasteiger partial charge in [0.15, 0.2) is 5.96 Å². The zero-order valence-corrected chi connectivity index (χ0v) is 16.8. The molecule has 0 aliphatic carbocycles. The van der Waals surface area contributed by atoms with Crippen molar-refractivity contribution < 1.29 is 14.0 Å². The van der Waals surface area contributed by atoms with E-state index >= 15 is 0 Å². The summed E-state index contributed by atoms with van der Waals surface area (Å²) in [6.07, 6.45) is 1.55. The highest BCUT2D eigenvalue weighted by Gasteiger charge is 2.13. The van der Waals surface area contributed by atoms with E-state index in [9.17, 15) is 9.59 Å². The van der Waals surface area contributed by atoms with Crippen molar-refractivity contribution in [3.63, 3.8) is 0 Å². The second kappa shape index (κ2) is 10.9. The average molecular weight is 451 g/mol. The molecular formula is C15H26IN5O3. The fourth-order valence-corrected chi connectivity index (χ4v) is 1.67. The van der Waals surface area contributed by atoms with Gasteiger partial charge in [-0.2, -0.15) is 0 Å². The Morgan fingerprint density at radius 2 is 1.75 bits per heavy atom. The zero-order valence-electron chi connectivity index (χ0n) is 14.4. The van der Waals surface area contributed by atoms with Gasteiger partial charge < -0.3 is 25.7 Å². The van der Waals surface area contributed by atoms with Crippen LogP contribution in [0.4, 0.5) is 0 Å². The maximum Gasteiger partial charge on any atom is 0.239 e. The van der Waals surface area contributed by atoms with E-state index in [0.29, 0.717) is 18.3 Å². The highest BCUT2D eigenvalue weighted by Crippen LogP contribution is 1.98. The number of nitrogens with zero attached hydrogens (tertiary/aromatic N) is 1. The molecule has 136 valence electrons. The number of amides is 2. The minimum atomic E-state index is -0.290. The van der Waals surface area contributed by atoms with Crippen LogP contribution < -0.4 is 21.3 Å². The molecule has 9 heteroatoms. The summed E-state index contributed by atoms with van der Waals surface area (Å²) in [5, 5.41) is 11.2. The van der Waals surface area contributed by atoms with E-state index in [2.05, 4.69) is 26.3 Å². The van der Waals surface area contributed by atoms with Crippen LogP contribution >= 0.6 is 24.0 Å². The van der Waals surface area contributed by atoms with Crippen LogP contribution in [0.25, 0.3) is 0 Å². The van der Waals surface area contributed by atoms with Gasteiger partial charge in [0, 0.05) is 12.6 Å². The predicted molar refractivity (Wildman–Crippen MR) is 103 cm³/mol. The second-order valence-electron chi connectivity index (χ2n) is 5.93. The Kier molecular flexibility index (Phi) is 10.1. The number of nitrogens with one attached hydrogen (secondary N) is 4. The molecule has 0 radical (unpaired) electrons. The van der Waals surface area contributed by atoms with Gasteiger partial charge in [-0.25, -0.2) is 0 Å². The Labute approximate surface area is 159 Å². The maximum atomic E-state index is 11.7. The second-order valence-corrected chi connectivity index (χ2v) is 5.93. The first-order valence-corrected chi connectivity index (χ1v) is 7.35. The number of guanidine groups is 1. The Morgan fingerprint density at radius 1 is 1.12 bits per heavy atom. The summed E-state index contributed by atoms with van der Waals surface area (Å²) < 4.78 is 5.12. The summed E-state index contributed by atoms with van der Waals surface area (Å²) in [6, 6.07) is 3.54. The van der Waals surface area contributed by atoms with Crippen molar-refractivity contribution in [3.8, 4) is 0 Å². The summed E-state index contributed by atoms with van der Waals surface area (Å²) in [4.78, 5) is 27.4. The summed E-state index contributed by atoms with van der Waals surface area (Å²) in [7, 11) is 1.57. The van der Waals surface area contributed by atoms with Crippen LogP contribution in [-0.2, 0) is 16.1 Å². The van der Waals surface area contributed by atoms with Crippen LogP contribution in [0.15, 0.2) is 27.8 Å². The van der Waals surface area contributed by atoms with Gasteiger partial charge in [0.25, 0.3) is 0 Å². The fourth-order valence-electron chi connectivity index (χ4n) is 1.67. The molecule has 0 aliphatic heterocycles. The molecule has 0 unspecified atom stereocenters. The first-order valence-electron chi connectivity index (χ1n) is 7.35. The molecule has 1 aromatic heterocycles. The molecule has 1 heterocycles. The summed E-state index contributed by atoms with van der Waals surface area (Å²) in [5.41, 5.74) is -0.290. The number of halogens is 1. The summed E-state index contributed by atoms with van der Waals surface area (Å²) >= 11 is 0. The summed E-state index contributed by atoms with van der Waals surface area (Å²) in [5.74, 6) is 0.702. The maximum absolute atomic E-state index is 11.7. The molecule has 0 atom stereocenters. The van der Waals surface area contributed by atoms with E-state index in [-0.39, 0.29) is 54.4 Å². The van der Waals surface area contributed by atoms with Gasteiger partial charge in [0.1, 0.15) is 5.76 Å². The normalized spacial score (nSPS) is 11.2. The van der Waals surface area contributed by atoms with E-state index in [1.807, 2.05) is 20.8 Å². The van der Waals surface area contributed by atoms with Gasteiger partial charge in [0.05, 0.1) is 25.9 Å². The van der Waals surface area contributed by atoms with Crippen LogP contribution in [0.2, 0.25) is 0 Å². The minimum Gasteiger partial charge on any atom is -0.467 e. The molecule has 8 nitrogen and oxygen atoms in total. The SMILES string of the molecule is CN=C(NCC(=O)NCc1ccco1)NCC(=O)NC(C)(C)C.I. The molecule has 24 heavy (non-hydrogen) atoms. The lowest BCUT2D eigenvalue weighted by molar-refractivity contribution is -0.121. The largest absolute Gasteiger partial charge is 0.467 e. The molecule has 2 amide bonds. The molecule has 0 fully saturated rings. The van der Waals surface area contributed by atoms with Crippen molar-refractivity contribution in [2.75, 3.05) is 20.1 Å². The molecule has 4 N–H and O–H groups in total. The number of hydrogen-bond acceptors (Lipinski definition) is 4. The van der Waals surface area contributed by atoms with Crippen molar-refractivity contribution in [1.82, 2.24) is 21.3 Å². The van der Waals surface area contributed by atoms with E-state index in [1.165, 1.54) is 0 Å². The molecule has 0 saturated heterocycles. The number of carbonyl (C=O) groups is 2. The number of furan rings is 1. The van der Waals surface area contributed by atoms with Crippen molar-refractivity contribution in [1.29, 1.82) is 0 Å². The van der Waals surface area contributed by atoms with Crippen molar-refractivity contribution >= 4 is 41.8 Å². The van der Waals surface area contributed by atoms with Gasteiger partial charge in [0.2, 0.25) is 11.8 Å². The lowest BCUT2D eigenvalue weighted by Crippen LogP contribution is -2.49. The highest BCUT2D eigenvalue weighted by molar-refractivity contribution is 14.0. The molecule has 1 aromatic rings. The molecule has 0 saturated carbocycles. The smallest absolute Gasteiger partial charge is 0.239 e. The third-order valence-electron chi connectivity index (χ3n) is 2.61. The van der Waals surface area contributed by atoms with Crippen molar-refractivity contribution in [3.05, 3.63) is 24.2 Å². The van der Waals surface area contributed by atoms with E-state index in [1.54, 1.807) is 25.4 Å². The molecule has 0 bridgehead atoms. The van der Waals surface area contributed by atoms with Crippen LogP contribution in [0, 0.1) is 0 Å². The van der Waals surface area contributed by atoms with Crippen LogP contribution in [0.1, 0.15) is 26.5 Å². The van der Waals surface area contributed by atoms with Gasteiger partial charge in [-0.1, -0.05) is 0 Å². The number of carbonyl (C=O) groups excluding carboxylic acids is 2. The molecule has 0 aliphatic rings. The van der Waals surface area contributed by atoms with Crippen LogP contribution in [0.5, 0.6) is 0 Å². The number of aliphatic imine (C=N–C) groups is 1. The predicted octanol–water partition coefficient (Wildman–Crippen LogP) is 0.593. The lowest BCUT2D eigenvalue weighted by Gasteiger charge is -2.21. The topological polar surface area (TPSA) is 108 Å². The average Bonchev–Trinajstić information content (AvgIpc) is 2.96. The first kappa shape index (κ1) is 22.2. The summed E-state index contributed by atoms with van der Waals surface area (Å²) in [6.45, 7) is 6.16. The minimum absolute atomic E-state index is 0. The van der Waals surface area contributed by atoms with E-state index < -0.39 is 0 Å². The van der Waals surface area contributed by atoms with Gasteiger partial charge in [-0.3, -0.25) is 14.6 Å². The third-order valence-corrected chi connectivity index (χ3v) is 2.61. The number of rotatable bonds is 6. The zero-order chi connectivity index (χ0) is 17.3. The molecular weight excluding hydrogens is 425 g/mol. The Hall–Kier alpha value is -1.78. The lowest BCUT2D eigenvalue weighted by atomic mass is 10.1. The highest BCUT2D eigenvalue weighted by atomic mass is 127. The fraction of sp³-hybridized carbons (Fsp3) is 0.533. The molecule has 0 aromatic carbocycles. The molecule has 1 rings (SSSR count). The third kappa shape index (κ3) is 10.1. The standard InChI is InChI=1S/C15H25N5O3.HI/c1-15(2,3)20-13(22)10-19-14(16-4)18-9-12(21)17-8-11-6-5-7-23-11;/h5-7H,8-10H2,1-4H3,(H,17,21)(H,20,22)(H2,16,18,19);1H. The monoisotopic (exact) mass is 451 g/mol. The van der Waals surface area contributed by atoms with Crippen LogP contribution in [0.3, 0.4) is 0 Å². The number of hydrogen-bond donors (Lipinski definition) is 4. The van der Waals surface area contributed by atoms with Gasteiger partial charge >= 0.3 is 0 Å². The van der Waals surface area contributed by atoms with E-state index in [4.69, 9.17) is 4.42 Å². The quantitative estimate of drug-likeness (QED) is 0.288. The molecule has 0 spiro atoms. The van der Waals surface area contributed by atoms with E-state index in [0.717, 1.165) is 0 Å². The Bertz CT molecular complexity index is 538. The van der Waals surface area contributed by atoms with Crippen molar-refractivity contribution in [2.24, 2.45) is 4.99 Å². The first-order chi connectivity index (χ1) is 10.8. The van der Waals surface area contributed by atoms with Crippen molar-refractivity contribution in [2.45, 2.75) is 32.9 Å². The van der Waals surface area contributed by atoms with Gasteiger partial charge in [-0.15, -0.1) is 24.0 Å². The Morgan fingerprint density at radius 3 is 2.25 bits per heavy atom. The Balaban J connectivity index is 0.00000529. The van der Waals surface area contributed by atoms with Crippen LogP contribution in [-0.4, -0.2) is 43.5 Å².